The van der Waals surface area contributed by atoms with Crippen molar-refractivity contribution in [1.29, 1.82) is 0 Å². The van der Waals surface area contributed by atoms with E-state index in [0.717, 1.165) is 18.8 Å². The largest absolute Gasteiger partial charge is 0.364 e. The number of nitrogens with one attached hydrogen (secondary N) is 1. The molecule has 0 aromatic carbocycles. The van der Waals surface area contributed by atoms with Crippen LogP contribution in [0.5, 0.6) is 0 Å². The molecule has 0 unspecified atom stereocenters. The molecule has 1 aromatic rings. The van der Waals surface area contributed by atoms with Gasteiger partial charge >= 0.3 is 0 Å². The van der Waals surface area contributed by atoms with Crippen LogP contribution in [0, 0.1) is 0 Å². The molecule has 6 nitrogen and oxygen atoms in total. The molecule has 2 rings (SSSR count). The average Bonchev–Trinajstić information content (AvgIpc) is 2.47. The first-order chi connectivity index (χ1) is 5.79. The molecular weight excluding hydrogens is 158 g/mol. The SMILES string of the molecule is NC(=O)c1nnn2c1CNCC2. The van der Waals surface area contributed by atoms with E-state index >= 15 is 0 Å². The highest BCUT2D eigenvalue weighted by Gasteiger charge is 2.18. The van der Waals surface area contributed by atoms with Crippen molar-refractivity contribution < 1.29 is 4.79 Å². The van der Waals surface area contributed by atoms with Gasteiger partial charge in [-0.1, -0.05) is 5.21 Å². The standard InChI is InChI=1S/C6H9N5O/c7-6(12)5-4-3-8-1-2-11(4)10-9-5/h8H,1-3H2,(H2,7,12). The van der Waals surface area contributed by atoms with Crippen molar-refractivity contribution in [3.8, 4) is 0 Å². The molecule has 2 heterocycles. The Bertz CT molecular complexity index is 318. The smallest absolute Gasteiger partial charge is 0.271 e. The Balaban J connectivity index is 2.44. The first-order valence-corrected chi connectivity index (χ1v) is 3.72. The molecule has 1 aliphatic heterocycles. The minimum Gasteiger partial charge on any atom is -0.364 e. The summed E-state index contributed by atoms with van der Waals surface area (Å²) in [6.07, 6.45) is 0. The predicted octanol–water partition coefficient (Wildman–Crippen LogP) is -1.52. The number of aromatic nitrogens is 3. The Labute approximate surface area is 68.7 Å². The number of nitrogens with two attached hydrogens (primary N) is 1. The Morgan fingerprint density at radius 2 is 2.50 bits per heavy atom. The van der Waals surface area contributed by atoms with E-state index in [1.54, 1.807) is 4.68 Å². The van der Waals surface area contributed by atoms with Crippen LogP contribution >= 0.6 is 0 Å². The number of hydrogen-bond donors (Lipinski definition) is 2. The highest BCUT2D eigenvalue weighted by Crippen LogP contribution is 2.06. The summed E-state index contributed by atoms with van der Waals surface area (Å²) in [7, 11) is 0. The van der Waals surface area contributed by atoms with Gasteiger partial charge < -0.3 is 11.1 Å². The normalized spacial score (nSPS) is 15.7. The molecule has 6 heteroatoms. The molecule has 1 amide bonds. The van der Waals surface area contributed by atoms with Crippen LogP contribution in [0.2, 0.25) is 0 Å². The van der Waals surface area contributed by atoms with Crippen molar-refractivity contribution in [2.45, 2.75) is 13.1 Å². The predicted molar refractivity (Wildman–Crippen MR) is 40.2 cm³/mol. The van der Waals surface area contributed by atoms with Gasteiger partial charge in [0.25, 0.3) is 5.91 Å². The zero-order valence-corrected chi connectivity index (χ0v) is 6.45. The topological polar surface area (TPSA) is 85.8 Å². The van der Waals surface area contributed by atoms with Crippen LogP contribution in [0.1, 0.15) is 16.2 Å². The summed E-state index contributed by atoms with van der Waals surface area (Å²) < 4.78 is 1.70. The Hall–Kier alpha value is -1.43. The summed E-state index contributed by atoms with van der Waals surface area (Å²) in [5.74, 6) is -0.514. The Kier molecular flexibility index (Phi) is 1.54. The van der Waals surface area contributed by atoms with Crippen molar-refractivity contribution in [1.82, 2.24) is 20.3 Å². The van der Waals surface area contributed by atoms with Gasteiger partial charge in [0.2, 0.25) is 0 Å². The van der Waals surface area contributed by atoms with E-state index in [9.17, 15) is 4.79 Å². The lowest BCUT2D eigenvalue weighted by atomic mass is 10.2. The molecule has 0 aliphatic carbocycles. The molecule has 0 radical (unpaired) electrons. The second kappa shape index (κ2) is 2.56. The second-order valence-corrected chi connectivity index (χ2v) is 2.65. The summed E-state index contributed by atoms with van der Waals surface area (Å²) in [6.45, 7) is 2.22. The third-order valence-electron chi connectivity index (χ3n) is 1.86. The zero-order chi connectivity index (χ0) is 8.55. The van der Waals surface area contributed by atoms with E-state index in [4.69, 9.17) is 5.73 Å². The molecule has 0 atom stereocenters. The molecule has 3 N–H and O–H groups in total. The summed E-state index contributed by atoms with van der Waals surface area (Å²) in [5, 5.41) is 10.6. The van der Waals surface area contributed by atoms with Gasteiger partial charge in [0.15, 0.2) is 5.69 Å². The Morgan fingerprint density at radius 1 is 1.67 bits per heavy atom. The Morgan fingerprint density at radius 3 is 3.25 bits per heavy atom. The van der Waals surface area contributed by atoms with Gasteiger partial charge in [0.05, 0.1) is 12.2 Å². The molecule has 0 bridgehead atoms. The monoisotopic (exact) mass is 167 g/mol. The van der Waals surface area contributed by atoms with Gasteiger partial charge in [-0.25, -0.2) is 4.68 Å². The maximum Gasteiger partial charge on any atom is 0.271 e. The summed E-state index contributed by atoms with van der Waals surface area (Å²) in [5.41, 5.74) is 6.17. The van der Waals surface area contributed by atoms with Crippen LogP contribution in [-0.4, -0.2) is 27.4 Å². The number of nitrogens with zero attached hydrogens (tertiary/aromatic N) is 3. The number of primary amides is 1. The quantitative estimate of drug-likeness (QED) is 0.532. The van der Waals surface area contributed by atoms with Gasteiger partial charge in [-0.05, 0) is 0 Å². The second-order valence-electron chi connectivity index (χ2n) is 2.65. The number of rotatable bonds is 1. The minimum absolute atomic E-state index is 0.280. The van der Waals surface area contributed by atoms with Crippen LogP contribution < -0.4 is 11.1 Å². The number of carbonyl (C=O) groups excluding carboxylic acids is 1. The molecule has 12 heavy (non-hydrogen) atoms. The molecule has 64 valence electrons. The van der Waals surface area contributed by atoms with Crippen LogP contribution in [0.4, 0.5) is 0 Å². The zero-order valence-electron chi connectivity index (χ0n) is 6.45. The molecular formula is C6H9N5O. The van der Waals surface area contributed by atoms with Crippen molar-refractivity contribution >= 4 is 5.91 Å². The highest BCUT2D eigenvalue weighted by molar-refractivity contribution is 5.91. The molecule has 1 aromatic heterocycles. The van der Waals surface area contributed by atoms with Gasteiger partial charge in [-0.3, -0.25) is 4.79 Å². The highest BCUT2D eigenvalue weighted by atomic mass is 16.1. The third kappa shape index (κ3) is 0.964. The van der Waals surface area contributed by atoms with Gasteiger partial charge in [0, 0.05) is 13.1 Å². The van der Waals surface area contributed by atoms with Crippen LogP contribution in [-0.2, 0) is 13.1 Å². The molecule has 0 saturated carbocycles. The number of amides is 1. The maximum atomic E-state index is 10.8. The maximum absolute atomic E-state index is 10.8. The van der Waals surface area contributed by atoms with Gasteiger partial charge in [-0.15, -0.1) is 5.10 Å². The lowest BCUT2D eigenvalue weighted by molar-refractivity contribution is 0.0994. The summed E-state index contributed by atoms with van der Waals surface area (Å²) in [6, 6.07) is 0. The van der Waals surface area contributed by atoms with E-state index in [0.29, 0.717) is 6.54 Å². The van der Waals surface area contributed by atoms with E-state index in [1.807, 2.05) is 0 Å². The van der Waals surface area contributed by atoms with E-state index in [2.05, 4.69) is 15.6 Å². The number of fused-ring (bicyclic) bond motifs is 1. The van der Waals surface area contributed by atoms with Crippen molar-refractivity contribution in [2.75, 3.05) is 6.54 Å². The molecule has 0 fully saturated rings. The van der Waals surface area contributed by atoms with E-state index in [1.165, 1.54) is 0 Å². The van der Waals surface area contributed by atoms with Crippen molar-refractivity contribution in [3.05, 3.63) is 11.4 Å². The fourth-order valence-electron chi connectivity index (χ4n) is 1.27. The number of hydrogen-bond acceptors (Lipinski definition) is 4. The van der Waals surface area contributed by atoms with Crippen LogP contribution in [0.3, 0.4) is 0 Å². The number of carbonyl (C=O) groups is 1. The summed E-state index contributed by atoms with van der Waals surface area (Å²) >= 11 is 0. The molecule has 1 aliphatic rings. The van der Waals surface area contributed by atoms with E-state index < -0.39 is 5.91 Å². The first-order valence-electron chi connectivity index (χ1n) is 3.72. The average molecular weight is 167 g/mol. The lowest BCUT2D eigenvalue weighted by Gasteiger charge is -2.13. The van der Waals surface area contributed by atoms with Crippen molar-refractivity contribution in [2.24, 2.45) is 5.73 Å². The first kappa shape index (κ1) is 7.23. The molecule has 0 spiro atoms. The lowest BCUT2D eigenvalue weighted by Crippen LogP contribution is -2.30. The summed E-state index contributed by atoms with van der Waals surface area (Å²) in [4.78, 5) is 10.8. The van der Waals surface area contributed by atoms with Gasteiger partial charge in [0.1, 0.15) is 0 Å². The van der Waals surface area contributed by atoms with Crippen molar-refractivity contribution in [3.63, 3.8) is 0 Å². The fraction of sp³-hybridized carbons (Fsp3) is 0.500. The minimum atomic E-state index is -0.514. The fourth-order valence-corrected chi connectivity index (χ4v) is 1.27. The van der Waals surface area contributed by atoms with Crippen LogP contribution in [0.25, 0.3) is 0 Å². The van der Waals surface area contributed by atoms with Crippen LogP contribution in [0.15, 0.2) is 0 Å². The van der Waals surface area contributed by atoms with E-state index in [-0.39, 0.29) is 5.69 Å². The molecule has 0 saturated heterocycles. The van der Waals surface area contributed by atoms with Gasteiger partial charge in [-0.2, -0.15) is 0 Å². The third-order valence-corrected chi connectivity index (χ3v) is 1.86.